The molecule has 0 amide bonds. The van der Waals surface area contributed by atoms with Gasteiger partial charge < -0.3 is 11.5 Å². The summed E-state index contributed by atoms with van der Waals surface area (Å²) in [5.74, 6) is 0. The smallest absolute Gasteiger partial charge is 0.00686 e. The van der Waals surface area contributed by atoms with Gasteiger partial charge in [0.15, 0.2) is 0 Å². The molecule has 0 saturated heterocycles. The fourth-order valence-corrected chi connectivity index (χ4v) is 2.39. The van der Waals surface area contributed by atoms with Crippen molar-refractivity contribution in [3.05, 3.63) is 12.2 Å². The Balaban J connectivity index is -0.000000704. The highest BCUT2D eigenvalue weighted by Crippen LogP contribution is 2.09. The molecule has 0 fully saturated rings. The molecule has 3 radical (unpaired) electrons. The number of nitrogens with two attached hydrogens (primary N) is 2. The van der Waals surface area contributed by atoms with Crippen LogP contribution in [0.3, 0.4) is 0 Å². The first-order chi connectivity index (χ1) is 11.4. The van der Waals surface area contributed by atoms with Crippen molar-refractivity contribution in [1.29, 1.82) is 0 Å². The van der Waals surface area contributed by atoms with Crippen molar-refractivity contribution < 1.29 is 0 Å². The van der Waals surface area contributed by atoms with Crippen molar-refractivity contribution in [3.63, 3.8) is 0 Å². The van der Waals surface area contributed by atoms with Crippen molar-refractivity contribution in [2.75, 3.05) is 6.54 Å². The Morgan fingerprint density at radius 3 is 1.32 bits per heavy atom. The predicted molar refractivity (Wildman–Crippen MR) is 118 cm³/mol. The number of hydrogen-bond acceptors (Lipinski definition) is 2. The van der Waals surface area contributed by atoms with Crippen LogP contribution in [0.5, 0.6) is 0 Å². The van der Waals surface area contributed by atoms with E-state index < -0.39 is 0 Å². The first kappa shape index (κ1) is 29.5. The summed E-state index contributed by atoms with van der Waals surface area (Å²) < 4.78 is 0. The van der Waals surface area contributed by atoms with Gasteiger partial charge in [-0.1, -0.05) is 76.9 Å². The van der Waals surface area contributed by atoms with Gasteiger partial charge in [-0.15, -0.1) is 0 Å². The summed E-state index contributed by atoms with van der Waals surface area (Å²) in [6.45, 7) is 9.04. The molecule has 0 bridgehead atoms. The Morgan fingerprint density at radius 1 is 0.640 bits per heavy atom. The first-order valence-corrected chi connectivity index (χ1v) is 10.6. The average Bonchev–Trinajstić information content (AvgIpc) is 2.49. The fourth-order valence-electron chi connectivity index (χ4n) is 2.39. The van der Waals surface area contributed by atoms with Crippen molar-refractivity contribution in [1.82, 2.24) is 0 Å². The zero-order valence-electron chi connectivity index (χ0n) is 18.0. The fraction of sp³-hybridized carbons (Fsp3) is 0.909. The lowest BCUT2D eigenvalue weighted by molar-refractivity contribution is 0.580. The molecule has 0 aromatic heterocycles. The molecule has 0 unspecified atom stereocenters. The van der Waals surface area contributed by atoms with E-state index in [-0.39, 0.29) is 14.0 Å². The molecule has 0 aliphatic rings. The maximum atomic E-state index is 5.47. The van der Waals surface area contributed by atoms with Crippen molar-refractivity contribution in [3.8, 4) is 0 Å². The molecular weight excluding hydrogens is 303 g/mol. The summed E-state index contributed by atoms with van der Waals surface area (Å²) in [6, 6.07) is 0. The van der Waals surface area contributed by atoms with Gasteiger partial charge in [-0.05, 0) is 59.4 Å². The third-order valence-electron chi connectivity index (χ3n) is 3.72. The maximum Gasteiger partial charge on any atom is 0.00686 e. The number of hydrogen-bond donors (Lipinski definition) is 2. The Labute approximate surface area is 162 Å². The topological polar surface area (TPSA) is 52.0 Å². The maximum absolute atomic E-state index is 5.47. The summed E-state index contributed by atoms with van der Waals surface area (Å²) in [7, 11) is 0. The highest BCUT2D eigenvalue weighted by Gasteiger charge is 1.95. The minimum absolute atomic E-state index is 0. The van der Waals surface area contributed by atoms with E-state index in [9.17, 15) is 0 Å². The Hall–Kier alpha value is -0.275. The highest BCUT2D eigenvalue weighted by atomic mass is 14.7. The van der Waals surface area contributed by atoms with E-state index in [1.165, 1.54) is 89.9 Å². The van der Waals surface area contributed by atoms with Gasteiger partial charge in [0.25, 0.3) is 0 Å². The molecule has 149 valence electrons. The quantitative estimate of drug-likeness (QED) is 0.205. The van der Waals surface area contributed by atoms with Gasteiger partial charge in [-0.3, -0.25) is 0 Å². The number of unbranched alkanes of at least 4 members (excludes halogenated alkanes) is 12. The minimum Gasteiger partial charge on any atom is -0.330 e. The number of rotatable bonds is 15. The summed E-state index contributed by atoms with van der Waals surface area (Å²) >= 11 is 0. The third kappa shape index (κ3) is 45.3. The van der Waals surface area contributed by atoms with Gasteiger partial charge in [-0.25, -0.2) is 0 Å². The molecule has 25 heavy (non-hydrogen) atoms. The van der Waals surface area contributed by atoms with E-state index in [4.69, 9.17) is 11.5 Å². The van der Waals surface area contributed by atoms with Gasteiger partial charge in [-0.2, -0.15) is 0 Å². The summed E-state index contributed by atoms with van der Waals surface area (Å²) in [4.78, 5) is 0. The molecule has 0 aliphatic carbocycles. The van der Waals surface area contributed by atoms with E-state index in [2.05, 4.69) is 19.1 Å². The van der Waals surface area contributed by atoms with Crippen LogP contribution in [-0.2, 0) is 0 Å². The molecule has 0 rings (SSSR count). The van der Waals surface area contributed by atoms with Crippen LogP contribution in [0.4, 0.5) is 0 Å². The van der Waals surface area contributed by atoms with Gasteiger partial charge >= 0.3 is 0 Å². The van der Waals surface area contributed by atoms with Crippen molar-refractivity contribution >= 4 is 8.41 Å². The van der Waals surface area contributed by atoms with Crippen molar-refractivity contribution in [2.45, 2.75) is 123 Å². The average molecular weight is 351 g/mol. The molecule has 0 spiro atoms. The van der Waals surface area contributed by atoms with Gasteiger partial charge in [0.1, 0.15) is 0 Å². The van der Waals surface area contributed by atoms with E-state index in [1.54, 1.807) is 0 Å². The lowest BCUT2D eigenvalue weighted by atomic mass is 10.1. The van der Waals surface area contributed by atoms with E-state index in [1.807, 2.05) is 20.8 Å². The van der Waals surface area contributed by atoms with E-state index in [0.29, 0.717) is 0 Å². The molecule has 0 aromatic carbocycles. The van der Waals surface area contributed by atoms with E-state index >= 15 is 0 Å². The van der Waals surface area contributed by atoms with Crippen LogP contribution < -0.4 is 11.5 Å². The molecular formula is C22H48BN2. The van der Waals surface area contributed by atoms with Crippen LogP contribution in [0, 0.1) is 0 Å². The lowest BCUT2D eigenvalue weighted by Crippen LogP contribution is -2.26. The van der Waals surface area contributed by atoms with Gasteiger partial charge in [0.05, 0.1) is 0 Å². The molecule has 4 N–H and O–H groups in total. The Morgan fingerprint density at radius 2 is 0.960 bits per heavy atom. The van der Waals surface area contributed by atoms with Crippen LogP contribution in [0.2, 0.25) is 0 Å². The minimum atomic E-state index is 0. The van der Waals surface area contributed by atoms with E-state index in [0.717, 1.165) is 6.54 Å². The second-order valence-electron chi connectivity index (χ2n) is 8.09. The molecule has 0 saturated carbocycles. The summed E-state index contributed by atoms with van der Waals surface area (Å²) in [6.07, 6.45) is 23.9. The van der Waals surface area contributed by atoms with Gasteiger partial charge in [0, 0.05) is 14.0 Å². The lowest BCUT2D eigenvalue weighted by Gasteiger charge is -2.06. The Kier molecular flexibility index (Phi) is 28.0. The molecule has 3 heteroatoms. The standard InChI is InChI=1S/C18H37N.C4H11N.B/c1-2-3-4-5-6-7-8-9-10-11-12-13-14-15-16-17-18-19;1-4(2,3)5;/h9-10H,2-8,11-19H2,1H3;5H2,1-3H3;/b10-9-;;. The monoisotopic (exact) mass is 351 g/mol. The van der Waals surface area contributed by atoms with Crippen LogP contribution in [0.1, 0.15) is 118 Å². The second kappa shape index (κ2) is 23.7. The first-order valence-electron chi connectivity index (χ1n) is 10.6. The summed E-state index contributed by atoms with van der Waals surface area (Å²) in [5, 5.41) is 0. The number of allylic oxidation sites excluding steroid dienone is 2. The SMILES string of the molecule is CC(C)(C)N.CCCCCCCC/C=C\CCCCCCCCN.[B]. The molecule has 2 nitrogen and oxygen atoms in total. The Bertz CT molecular complexity index is 241. The summed E-state index contributed by atoms with van der Waals surface area (Å²) in [5.41, 5.74) is 10.8. The molecule has 0 aliphatic heterocycles. The van der Waals surface area contributed by atoms with Crippen LogP contribution >= 0.6 is 0 Å². The molecule has 0 atom stereocenters. The molecule has 0 heterocycles. The zero-order chi connectivity index (χ0) is 18.5. The third-order valence-corrected chi connectivity index (χ3v) is 3.72. The zero-order valence-corrected chi connectivity index (χ0v) is 18.0. The molecule has 0 aromatic rings. The van der Waals surface area contributed by atoms with Crippen LogP contribution in [0.25, 0.3) is 0 Å². The second-order valence-corrected chi connectivity index (χ2v) is 8.09. The van der Waals surface area contributed by atoms with Crippen molar-refractivity contribution in [2.24, 2.45) is 11.5 Å². The highest BCUT2D eigenvalue weighted by molar-refractivity contribution is 5.75. The predicted octanol–water partition coefficient (Wildman–Crippen LogP) is 6.35. The van der Waals surface area contributed by atoms with Crippen LogP contribution in [0.15, 0.2) is 12.2 Å². The largest absolute Gasteiger partial charge is 0.330 e. The van der Waals surface area contributed by atoms with Gasteiger partial charge in [0.2, 0.25) is 0 Å². The normalized spacial score (nSPS) is 11.1. The van der Waals surface area contributed by atoms with Crippen LogP contribution in [-0.4, -0.2) is 20.5 Å².